The van der Waals surface area contributed by atoms with Gasteiger partial charge in [0.2, 0.25) is 0 Å². The van der Waals surface area contributed by atoms with E-state index in [9.17, 15) is 8.42 Å². The molecule has 1 aromatic rings. The Bertz CT molecular complexity index is 520. The second-order valence-corrected chi connectivity index (χ2v) is 5.58. The van der Waals surface area contributed by atoms with E-state index < -0.39 is 15.9 Å². The molecule has 1 rings (SSSR count). The summed E-state index contributed by atoms with van der Waals surface area (Å²) in [6, 6.07) is 8.13. The first-order valence-electron chi connectivity index (χ1n) is 5.06. The molecule has 5 nitrogen and oxygen atoms in total. The van der Waals surface area contributed by atoms with Gasteiger partial charge in [-0.2, -0.15) is 5.26 Å². The Morgan fingerprint density at radius 1 is 1.47 bits per heavy atom. The van der Waals surface area contributed by atoms with E-state index in [0.29, 0.717) is 0 Å². The lowest BCUT2D eigenvalue weighted by Gasteiger charge is -2.08. The Morgan fingerprint density at radius 3 is 2.71 bits per heavy atom. The molecule has 0 fully saturated rings. The lowest BCUT2D eigenvalue weighted by molar-refractivity contribution is 0.116. The third-order valence-corrected chi connectivity index (χ3v) is 3.90. The zero-order chi connectivity index (χ0) is 12.9. The van der Waals surface area contributed by atoms with Gasteiger partial charge in [-0.3, -0.25) is 0 Å². The van der Waals surface area contributed by atoms with Gasteiger partial charge < -0.3 is 10.5 Å². The predicted molar refractivity (Wildman–Crippen MR) is 63.9 cm³/mol. The summed E-state index contributed by atoms with van der Waals surface area (Å²) in [5.74, 6) is -0.187. The minimum Gasteiger partial charge on any atom is -0.398 e. The van der Waals surface area contributed by atoms with Gasteiger partial charge in [-0.15, -0.1) is 0 Å². The molecule has 0 aliphatic rings. The zero-order valence-corrected chi connectivity index (χ0v) is 10.3. The van der Waals surface area contributed by atoms with E-state index in [1.165, 1.54) is 12.1 Å². The molecule has 0 aliphatic heterocycles. The van der Waals surface area contributed by atoms with Crippen molar-refractivity contribution in [2.75, 3.05) is 18.1 Å². The standard InChI is InChI=1S/C11H14N2O3S/c1-9(8-12)16-6-7-17(14,15)11-5-3-2-4-10(11)13/h2-5,9H,6-7,13H2,1H3. The van der Waals surface area contributed by atoms with E-state index in [1.807, 2.05) is 6.07 Å². The van der Waals surface area contributed by atoms with Crippen LogP contribution in [0.1, 0.15) is 6.92 Å². The minimum atomic E-state index is -3.45. The molecule has 0 radical (unpaired) electrons. The Hall–Kier alpha value is -1.58. The first kappa shape index (κ1) is 13.5. The third kappa shape index (κ3) is 3.73. The molecular weight excluding hydrogens is 240 g/mol. The second kappa shape index (κ2) is 5.66. The first-order valence-corrected chi connectivity index (χ1v) is 6.71. The number of nitrogen functional groups attached to an aromatic ring is 1. The van der Waals surface area contributed by atoms with E-state index in [1.54, 1.807) is 19.1 Å². The molecule has 6 heteroatoms. The first-order chi connectivity index (χ1) is 7.97. The van der Waals surface area contributed by atoms with Gasteiger partial charge in [0.25, 0.3) is 0 Å². The summed E-state index contributed by atoms with van der Waals surface area (Å²) in [6.45, 7) is 1.54. The molecule has 0 heterocycles. The van der Waals surface area contributed by atoms with Crippen LogP contribution in [0, 0.1) is 11.3 Å². The molecule has 0 aliphatic carbocycles. The van der Waals surface area contributed by atoms with E-state index >= 15 is 0 Å². The third-order valence-electron chi connectivity index (χ3n) is 2.16. The largest absolute Gasteiger partial charge is 0.398 e. The normalized spacial score (nSPS) is 12.9. The highest BCUT2D eigenvalue weighted by atomic mass is 32.2. The van der Waals surface area contributed by atoms with Crippen molar-refractivity contribution in [3.05, 3.63) is 24.3 Å². The topological polar surface area (TPSA) is 93.2 Å². The van der Waals surface area contributed by atoms with E-state index in [4.69, 9.17) is 15.7 Å². The molecule has 0 amide bonds. The van der Waals surface area contributed by atoms with Gasteiger partial charge in [-0.05, 0) is 19.1 Å². The second-order valence-electron chi connectivity index (χ2n) is 3.50. The Morgan fingerprint density at radius 2 is 2.12 bits per heavy atom. The van der Waals surface area contributed by atoms with Crippen molar-refractivity contribution in [3.8, 4) is 6.07 Å². The van der Waals surface area contributed by atoms with Crippen molar-refractivity contribution in [3.63, 3.8) is 0 Å². The summed E-state index contributed by atoms with van der Waals surface area (Å²) in [5, 5.41) is 8.48. The fourth-order valence-corrected chi connectivity index (χ4v) is 2.49. The minimum absolute atomic E-state index is 0.0224. The van der Waals surface area contributed by atoms with Gasteiger partial charge in [0.1, 0.15) is 6.10 Å². The Balaban J connectivity index is 2.71. The Kier molecular flexibility index (Phi) is 4.49. The smallest absolute Gasteiger partial charge is 0.182 e. The highest BCUT2D eigenvalue weighted by molar-refractivity contribution is 7.91. The lowest BCUT2D eigenvalue weighted by atomic mass is 10.3. The average molecular weight is 254 g/mol. The summed E-state index contributed by atoms with van der Waals surface area (Å²) in [4.78, 5) is 0.105. The van der Waals surface area contributed by atoms with Crippen LogP contribution in [0.5, 0.6) is 0 Å². The summed E-state index contributed by atoms with van der Waals surface area (Å²) in [5.41, 5.74) is 5.82. The summed E-state index contributed by atoms with van der Waals surface area (Å²) in [7, 11) is -3.45. The molecule has 0 bridgehead atoms. The fraction of sp³-hybridized carbons (Fsp3) is 0.364. The van der Waals surface area contributed by atoms with Crippen LogP contribution >= 0.6 is 0 Å². The predicted octanol–water partition coefficient (Wildman–Crippen LogP) is 0.971. The number of hydrogen-bond donors (Lipinski definition) is 1. The maximum atomic E-state index is 11.9. The van der Waals surface area contributed by atoms with Crippen LogP contribution in [0.3, 0.4) is 0 Å². The van der Waals surface area contributed by atoms with Gasteiger partial charge in [0.05, 0.1) is 29.0 Å². The van der Waals surface area contributed by atoms with Crippen molar-refractivity contribution >= 4 is 15.5 Å². The maximum absolute atomic E-state index is 11.9. The average Bonchev–Trinajstić information content (AvgIpc) is 2.28. The molecule has 2 N–H and O–H groups in total. The number of hydrogen-bond acceptors (Lipinski definition) is 5. The lowest BCUT2D eigenvalue weighted by Crippen LogP contribution is -2.17. The number of sulfone groups is 1. The van der Waals surface area contributed by atoms with Crippen molar-refractivity contribution in [1.29, 1.82) is 5.26 Å². The van der Waals surface area contributed by atoms with Crippen LogP contribution in [-0.2, 0) is 14.6 Å². The van der Waals surface area contributed by atoms with Gasteiger partial charge in [0.15, 0.2) is 9.84 Å². The zero-order valence-electron chi connectivity index (χ0n) is 9.46. The molecule has 17 heavy (non-hydrogen) atoms. The molecule has 0 saturated carbocycles. The molecule has 0 saturated heterocycles. The SMILES string of the molecule is CC(C#N)OCCS(=O)(=O)c1ccccc1N. The molecule has 92 valence electrons. The van der Waals surface area contributed by atoms with Crippen LogP contribution in [-0.4, -0.2) is 26.9 Å². The number of nitrogens with zero attached hydrogens (tertiary/aromatic N) is 1. The van der Waals surface area contributed by atoms with E-state index in [-0.39, 0.29) is 22.9 Å². The van der Waals surface area contributed by atoms with Crippen LogP contribution in [0.4, 0.5) is 5.69 Å². The molecule has 1 aromatic carbocycles. The van der Waals surface area contributed by atoms with E-state index in [0.717, 1.165) is 0 Å². The molecule has 1 unspecified atom stereocenters. The van der Waals surface area contributed by atoms with Crippen LogP contribution in [0.25, 0.3) is 0 Å². The van der Waals surface area contributed by atoms with Crippen molar-refractivity contribution in [2.24, 2.45) is 0 Å². The number of nitriles is 1. The van der Waals surface area contributed by atoms with Crippen LogP contribution in [0.2, 0.25) is 0 Å². The summed E-state index contributed by atoms with van der Waals surface area (Å²) in [6.07, 6.45) is -0.613. The Labute approximate surface area is 101 Å². The number of ether oxygens (including phenoxy) is 1. The molecule has 0 spiro atoms. The monoisotopic (exact) mass is 254 g/mol. The van der Waals surface area contributed by atoms with Gasteiger partial charge in [0, 0.05) is 0 Å². The number of para-hydroxylation sites is 1. The highest BCUT2D eigenvalue weighted by Gasteiger charge is 2.17. The van der Waals surface area contributed by atoms with Crippen molar-refractivity contribution in [1.82, 2.24) is 0 Å². The number of benzene rings is 1. The summed E-state index contributed by atoms with van der Waals surface area (Å²) >= 11 is 0. The van der Waals surface area contributed by atoms with Gasteiger partial charge in [-0.1, -0.05) is 12.1 Å². The van der Waals surface area contributed by atoms with Crippen molar-refractivity contribution in [2.45, 2.75) is 17.9 Å². The fourth-order valence-electron chi connectivity index (χ4n) is 1.25. The maximum Gasteiger partial charge on any atom is 0.182 e. The van der Waals surface area contributed by atoms with Crippen LogP contribution < -0.4 is 5.73 Å². The van der Waals surface area contributed by atoms with E-state index in [2.05, 4.69) is 0 Å². The highest BCUT2D eigenvalue weighted by Crippen LogP contribution is 2.18. The molecular formula is C11H14N2O3S. The quantitative estimate of drug-likeness (QED) is 0.790. The number of rotatable bonds is 5. The summed E-state index contributed by atoms with van der Waals surface area (Å²) < 4.78 is 28.8. The van der Waals surface area contributed by atoms with Gasteiger partial charge in [-0.25, -0.2) is 8.42 Å². The van der Waals surface area contributed by atoms with Crippen LogP contribution in [0.15, 0.2) is 29.2 Å². The molecule has 0 aromatic heterocycles. The number of anilines is 1. The van der Waals surface area contributed by atoms with Gasteiger partial charge >= 0.3 is 0 Å². The molecule has 1 atom stereocenters. The number of nitrogens with two attached hydrogens (primary N) is 1. The van der Waals surface area contributed by atoms with Crippen molar-refractivity contribution < 1.29 is 13.2 Å².